The third kappa shape index (κ3) is 2.60. The van der Waals surface area contributed by atoms with E-state index in [1.165, 1.54) is 9.69 Å². The number of carboxylic acid groups (broad SMARTS) is 1. The molecule has 20 heavy (non-hydrogen) atoms. The monoisotopic (exact) mass is 319 g/mol. The fraction of sp³-hybridized carbons (Fsp3) is 0.583. The van der Waals surface area contributed by atoms with Crippen molar-refractivity contribution in [1.29, 1.82) is 0 Å². The van der Waals surface area contributed by atoms with E-state index >= 15 is 0 Å². The summed E-state index contributed by atoms with van der Waals surface area (Å²) in [6, 6.07) is 0. The minimum atomic E-state index is -3.88. The molecule has 2 rings (SSSR count). The molecule has 112 valence electrons. The summed E-state index contributed by atoms with van der Waals surface area (Å²) >= 11 is 0.909. The topological polar surface area (TPSA) is 94.9 Å². The van der Waals surface area contributed by atoms with E-state index in [-0.39, 0.29) is 22.2 Å². The number of nitrogens with zero attached hydrogens (tertiary/aromatic N) is 1. The van der Waals surface area contributed by atoms with Crippen LogP contribution >= 0.6 is 11.3 Å². The van der Waals surface area contributed by atoms with Gasteiger partial charge in [0, 0.05) is 13.1 Å². The first-order valence-corrected chi connectivity index (χ1v) is 8.56. The fourth-order valence-corrected chi connectivity index (χ4v) is 5.33. The minimum Gasteiger partial charge on any atom is -0.477 e. The summed E-state index contributed by atoms with van der Waals surface area (Å²) in [4.78, 5) is 10.8. The maximum atomic E-state index is 12.6. The van der Waals surface area contributed by atoms with Gasteiger partial charge in [-0.05, 0) is 30.2 Å². The first-order valence-electron chi connectivity index (χ1n) is 6.24. The zero-order valence-corrected chi connectivity index (χ0v) is 12.9. The molecule has 1 saturated heterocycles. The van der Waals surface area contributed by atoms with Gasteiger partial charge in [0.25, 0.3) is 0 Å². The lowest BCUT2D eigenvalue weighted by Gasteiger charge is -2.33. The van der Waals surface area contributed by atoms with Crippen LogP contribution in [0.15, 0.2) is 10.3 Å². The Morgan fingerprint density at radius 2 is 2.15 bits per heavy atom. The minimum absolute atomic E-state index is 0.0118. The lowest BCUT2D eigenvalue weighted by atomic mass is 9.98. The summed E-state index contributed by atoms with van der Waals surface area (Å²) in [5.41, 5.74) is 0.431. The highest BCUT2D eigenvalue weighted by molar-refractivity contribution is 7.89. The molecule has 0 aliphatic carbocycles. The predicted molar refractivity (Wildman–Crippen MR) is 74.6 cm³/mol. The third-order valence-corrected chi connectivity index (χ3v) is 6.86. The number of hydrogen-bond acceptors (Lipinski definition) is 5. The van der Waals surface area contributed by atoms with Gasteiger partial charge in [-0.15, -0.1) is 11.3 Å². The van der Waals surface area contributed by atoms with Gasteiger partial charge in [0.2, 0.25) is 10.0 Å². The van der Waals surface area contributed by atoms with Crippen molar-refractivity contribution in [3.8, 4) is 0 Å². The number of aliphatic hydroxyl groups is 1. The molecule has 0 bridgehead atoms. The van der Waals surface area contributed by atoms with Gasteiger partial charge in [0.1, 0.15) is 9.77 Å². The lowest BCUT2D eigenvalue weighted by molar-refractivity contribution is 0.0604. The van der Waals surface area contributed by atoms with Crippen LogP contribution in [-0.4, -0.2) is 48.1 Å². The van der Waals surface area contributed by atoms with Crippen molar-refractivity contribution >= 4 is 27.3 Å². The number of sulfonamides is 1. The number of aromatic carboxylic acids is 1. The van der Waals surface area contributed by atoms with Crippen molar-refractivity contribution in [3.05, 3.63) is 15.8 Å². The van der Waals surface area contributed by atoms with Gasteiger partial charge in [0.05, 0.1) is 6.10 Å². The van der Waals surface area contributed by atoms with Crippen LogP contribution in [0.4, 0.5) is 0 Å². The second-order valence-corrected chi connectivity index (χ2v) is 7.83. The van der Waals surface area contributed by atoms with Crippen LogP contribution in [0.25, 0.3) is 0 Å². The molecule has 0 saturated carbocycles. The maximum Gasteiger partial charge on any atom is 0.347 e. The van der Waals surface area contributed by atoms with E-state index in [1.807, 2.05) is 6.92 Å². The first-order chi connectivity index (χ1) is 9.25. The van der Waals surface area contributed by atoms with Gasteiger partial charge in [-0.2, -0.15) is 4.31 Å². The predicted octanol–water partition coefficient (Wildman–Crippen LogP) is 1.15. The van der Waals surface area contributed by atoms with Crippen molar-refractivity contribution in [2.24, 2.45) is 5.92 Å². The number of aryl methyl sites for hydroxylation is 1. The van der Waals surface area contributed by atoms with Crippen molar-refractivity contribution in [2.75, 3.05) is 13.1 Å². The van der Waals surface area contributed by atoms with Gasteiger partial charge in [0.15, 0.2) is 0 Å². The summed E-state index contributed by atoms with van der Waals surface area (Å²) in [6.45, 7) is 3.76. The average molecular weight is 319 g/mol. The largest absolute Gasteiger partial charge is 0.477 e. The molecule has 0 spiro atoms. The quantitative estimate of drug-likeness (QED) is 0.871. The molecule has 1 aromatic heterocycles. The number of thiophene rings is 1. The van der Waals surface area contributed by atoms with Gasteiger partial charge >= 0.3 is 5.97 Å². The van der Waals surface area contributed by atoms with Crippen LogP contribution < -0.4 is 0 Å². The number of carboxylic acids is 1. The summed E-state index contributed by atoms with van der Waals surface area (Å²) in [6.07, 6.45) is -0.155. The first kappa shape index (κ1) is 15.4. The molecule has 8 heteroatoms. The second kappa shape index (κ2) is 5.44. The smallest absolute Gasteiger partial charge is 0.347 e. The zero-order chi connectivity index (χ0) is 15.1. The molecule has 2 atom stereocenters. The van der Waals surface area contributed by atoms with E-state index in [2.05, 4.69) is 0 Å². The lowest BCUT2D eigenvalue weighted by Crippen LogP contribution is -2.46. The number of piperidine rings is 1. The van der Waals surface area contributed by atoms with Crippen LogP contribution in [0, 0.1) is 12.8 Å². The molecule has 1 aliphatic heterocycles. The molecule has 0 amide bonds. The molecule has 0 radical (unpaired) electrons. The molecule has 1 aromatic rings. The molecule has 2 heterocycles. The van der Waals surface area contributed by atoms with Crippen LogP contribution in [0.1, 0.15) is 28.6 Å². The molecule has 1 fully saturated rings. The zero-order valence-electron chi connectivity index (χ0n) is 11.2. The normalized spacial score (nSPS) is 24.8. The molecule has 0 aromatic carbocycles. The van der Waals surface area contributed by atoms with E-state index in [1.54, 1.807) is 6.92 Å². The SMILES string of the molecule is Cc1csc(C(=O)O)c1S(=O)(=O)N1CCC(C)C(O)C1. The molecule has 2 N–H and O–H groups in total. The van der Waals surface area contributed by atoms with E-state index in [0.29, 0.717) is 18.5 Å². The fourth-order valence-electron chi connectivity index (χ4n) is 2.27. The van der Waals surface area contributed by atoms with Gasteiger partial charge < -0.3 is 10.2 Å². The number of rotatable bonds is 3. The Labute approximate surface area is 121 Å². The van der Waals surface area contributed by atoms with E-state index in [4.69, 9.17) is 5.11 Å². The molecule has 2 unspecified atom stereocenters. The standard InChI is InChI=1S/C12H17NO5S2/c1-7-3-4-13(5-9(7)14)20(17,18)11-8(2)6-19-10(11)12(15)16/h6-7,9,14H,3-5H2,1-2H3,(H,15,16). The Kier molecular flexibility index (Phi) is 4.19. The Morgan fingerprint density at radius 1 is 1.50 bits per heavy atom. The molecular weight excluding hydrogens is 302 g/mol. The molecular formula is C12H17NO5S2. The van der Waals surface area contributed by atoms with Crippen LogP contribution in [0.5, 0.6) is 0 Å². The maximum absolute atomic E-state index is 12.6. The number of aliphatic hydroxyl groups excluding tert-OH is 1. The Hall–Kier alpha value is -0.960. The Balaban J connectivity index is 2.41. The Morgan fingerprint density at radius 3 is 2.70 bits per heavy atom. The summed E-state index contributed by atoms with van der Waals surface area (Å²) < 4.78 is 26.4. The van der Waals surface area contributed by atoms with Crippen molar-refractivity contribution in [1.82, 2.24) is 4.31 Å². The molecule has 6 nitrogen and oxygen atoms in total. The molecule has 1 aliphatic rings. The van der Waals surface area contributed by atoms with Gasteiger partial charge in [-0.3, -0.25) is 0 Å². The average Bonchev–Trinajstić information content (AvgIpc) is 2.75. The Bertz CT molecular complexity index is 622. The highest BCUT2D eigenvalue weighted by Crippen LogP contribution is 2.31. The summed E-state index contributed by atoms with van der Waals surface area (Å²) in [7, 11) is -3.88. The number of hydrogen-bond donors (Lipinski definition) is 2. The van der Waals surface area contributed by atoms with E-state index in [0.717, 1.165) is 11.3 Å². The summed E-state index contributed by atoms with van der Waals surface area (Å²) in [5.74, 6) is -1.20. The van der Waals surface area contributed by atoms with Crippen molar-refractivity contribution in [3.63, 3.8) is 0 Å². The second-order valence-electron chi connectivity index (χ2n) is 5.08. The van der Waals surface area contributed by atoms with E-state index < -0.39 is 22.1 Å². The van der Waals surface area contributed by atoms with Crippen LogP contribution in [0.2, 0.25) is 0 Å². The highest BCUT2D eigenvalue weighted by Gasteiger charge is 2.36. The summed E-state index contributed by atoms with van der Waals surface area (Å²) in [5, 5.41) is 20.5. The van der Waals surface area contributed by atoms with Crippen molar-refractivity contribution in [2.45, 2.75) is 31.3 Å². The van der Waals surface area contributed by atoms with Crippen LogP contribution in [-0.2, 0) is 10.0 Å². The van der Waals surface area contributed by atoms with Crippen LogP contribution in [0.3, 0.4) is 0 Å². The highest BCUT2D eigenvalue weighted by atomic mass is 32.2. The third-order valence-electron chi connectivity index (χ3n) is 3.59. The van der Waals surface area contributed by atoms with E-state index in [9.17, 15) is 18.3 Å². The number of β-amino-alcohol motifs (C(OH)–C–C–N with tert-alkyl or cyclic N) is 1. The van der Waals surface area contributed by atoms with Gasteiger partial charge in [-0.1, -0.05) is 6.92 Å². The van der Waals surface area contributed by atoms with Crippen molar-refractivity contribution < 1.29 is 23.4 Å². The number of carbonyl (C=O) groups is 1. The van der Waals surface area contributed by atoms with Gasteiger partial charge in [-0.25, -0.2) is 13.2 Å².